The van der Waals surface area contributed by atoms with Crippen molar-refractivity contribution >= 4 is 5.70 Å². The molecule has 2 nitrogen and oxygen atoms in total. The second-order valence-corrected chi connectivity index (χ2v) is 3.18. The Bertz CT molecular complexity index is 381. The van der Waals surface area contributed by atoms with Crippen LogP contribution in [0.2, 0.25) is 0 Å². The third kappa shape index (κ3) is 5.15. The van der Waals surface area contributed by atoms with Crippen LogP contribution >= 0.6 is 0 Å². The molecule has 0 atom stereocenters. The monoisotopic (exact) mass is 216 g/mol. The van der Waals surface area contributed by atoms with Gasteiger partial charge < -0.3 is 0 Å². The van der Waals surface area contributed by atoms with E-state index < -0.39 is 0 Å². The second kappa shape index (κ2) is 8.48. The van der Waals surface area contributed by atoms with Crippen LogP contribution in [-0.4, -0.2) is 9.78 Å². The van der Waals surface area contributed by atoms with E-state index in [1.165, 1.54) is 0 Å². The van der Waals surface area contributed by atoms with Crippen molar-refractivity contribution in [3.8, 4) is 0 Å². The average molecular weight is 216 g/mol. The minimum atomic E-state index is 1.05. The van der Waals surface area contributed by atoms with E-state index in [0.717, 1.165) is 11.3 Å². The summed E-state index contributed by atoms with van der Waals surface area (Å²) in [6.45, 7) is 12.9. The number of allylic oxidation sites excluding steroid dienone is 6. The lowest BCUT2D eigenvalue weighted by Crippen LogP contribution is -1.93. The summed E-state index contributed by atoms with van der Waals surface area (Å²) < 4.78 is 1.84. The first-order valence-electron chi connectivity index (χ1n) is 5.23. The molecule has 86 valence electrons. The van der Waals surface area contributed by atoms with Gasteiger partial charge in [0, 0.05) is 6.20 Å². The minimum Gasteiger partial charge on any atom is -0.241 e. The van der Waals surface area contributed by atoms with Crippen molar-refractivity contribution in [2.45, 2.75) is 20.8 Å². The van der Waals surface area contributed by atoms with Gasteiger partial charge in [-0.15, -0.1) is 6.58 Å². The van der Waals surface area contributed by atoms with Gasteiger partial charge in [-0.3, -0.25) is 0 Å². The Kier molecular flexibility index (Phi) is 7.51. The first-order chi connectivity index (χ1) is 7.69. The van der Waals surface area contributed by atoms with Gasteiger partial charge in [0.05, 0.1) is 11.9 Å². The number of hydrogen-bond donors (Lipinski definition) is 0. The summed E-state index contributed by atoms with van der Waals surface area (Å²) in [7, 11) is 0. The van der Waals surface area contributed by atoms with Crippen molar-refractivity contribution in [3.05, 3.63) is 61.5 Å². The topological polar surface area (TPSA) is 17.8 Å². The highest BCUT2D eigenvalue weighted by molar-refractivity contribution is 5.56. The van der Waals surface area contributed by atoms with Crippen LogP contribution in [0.25, 0.3) is 5.70 Å². The molecule has 0 aromatic carbocycles. The van der Waals surface area contributed by atoms with Crippen LogP contribution < -0.4 is 0 Å². The Balaban J connectivity index is 0.000000673. The highest BCUT2D eigenvalue weighted by Crippen LogP contribution is 2.06. The summed E-state index contributed by atoms with van der Waals surface area (Å²) in [4.78, 5) is 0. The van der Waals surface area contributed by atoms with Gasteiger partial charge in [0.2, 0.25) is 0 Å². The van der Waals surface area contributed by atoms with E-state index >= 15 is 0 Å². The van der Waals surface area contributed by atoms with E-state index in [1.54, 1.807) is 12.2 Å². The smallest absolute Gasteiger partial charge is 0.0603 e. The maximum absolute atomic E-state index is 4.20. The fourth-order valence-electron chi connectivity index (χ4n) is 1.03. The lowest BCUT2D eigenvalue weighted by atomic mass is 10.3. The van der Waals surface area contributed by atoms with E-state index in [2.05, 4.69) is 18.3 Å². The van der Waals surface area contributed by atoms with Crippen molar-refractivity contribution in [2.75, 3.05) is 0 Å². The molecular formula is C14H20N2. The van der Waals surface area contributed by atoms with Gasteiger partial charge in [0.1, 0.15) is 0 Å². The molecule has 0 saturated carbocycles. The molecule has 0 bridgehead atoms. The number of aromatic nitrogens is 2. The SMILES string of the molecule is C=C/C=C\C(=C/C)n1cc(C)cn1.C=CC. The summed E-state index contributed by atoms with van der Waals surface area (Å²) in [6.07, 6.45) is 13.2. The van der Waals surface area contributed by atoms with Crippen LogP contribution in [0, 0.1) is 6.92 Å². The molecule has 0 aliphatic carbocycles. The molecule has 0 amide bonds. The molecule has 0 radical (unpaired) electrons. The summed E-state index contributed by atoms with van der Waals surface area (Å²) in [5, 5.41) is 4.20. The van der Waals surface area contributed by atoms with Crippen LogP contribution in [0.15, 0.2) is 55.9 Å². The molecule has 0 N–H and O–H groups in total. The van der Waals surface area contributed by atoms with E-state index in [9.17, 15) is 0 Å². The van der Waals surface area contributed by atoms with Crippen molar-refractivity contribution in [3.63, 3.8) is 0 Å². The van der Waals surface area contributed by atoms with Crippen molar-refractivity contribution < 1.29 is 0 Å². The number of hydrogen-bond acceptors (Lipinski definition) is 1. The second-order valence-electron chi connectivity index (χ2n) is 3.18. The Morgan fingerprint density at radius 1 is 1.38 bits per heavy atom. The van der Waals surface area contributed by atoms with Gasteiger partial charge >= 0.3 is 0 Å². The molecule has 0 fully saturated rings. The molecule has 0 unspecified atom stereocenters. The van der Waals surface area contributed by atoms with E-state index in [1.807, 2.05) is 56.1 Å². The van der Waals surface area contributed by atoms with Gasteiger partial charge in [-0.05, 0) is 32.4 Å². The molecule has 0 spiro atoms. The average Bonchev–Trinajstić information content (AvgIpc) is 2.67. The fourth-order valence-corrected chi connectivity index (χ4v) is 1.03. The summed E-state index contributed by atoms with van der Waals surface area (Å²) in [5.74, 6) is 0. The lowest BCUT2D eigenvalue weighted by molar-refractivity contribution is 0.908. The molecule has 0 aliphatic heterocycles. The predicted molar refractivity (Wildman–Crippen MR) is 72.1 cm³/mol. The van der Waals surface area contributed by atoms with Crippen LogP contribution in [0.1, 0.15) is 19.4 Å². The molecule has 1 rings (SSSR count). The summed E-state index contributed by atoms with van der Waals surface area (Å²) >= 11 is 0. The minimum absolute atomic E-state index is 1.05. The molecular weight excluding hydrogens is 196 g/mol. The van der Waals surface area contributed by atoms with Crippen LogP contribution in [0.5, 0.6) is 0 Å². The Morgan fingerprint density at radius 3 is 2.38 bits per heavy atom. The normalized spacial score (nSPS) is 10.8. The van der Waals surface area contributed by atoms with Crippen LogP contribution in [0.4, 0.5) is 0 Å². The number of nitrogens with zero attached hydrogens (tertiary/aromatic N) is 2. The standard InChI is InChI=1S/C11H14N2.C3H6/c1-4-6-7-11(5-2)13-9-10(3)8-12-13;1-3-2/h4-9H,1H2,2-3H3;3H,1H2,2H3/b7-6-,11-5+;. The van der Waals surface area contributed by atoms with Gasteiger partial charge in [-0.1, -0.05) is 30.9 Å². The Labute approximate surface area is 98.3 Å². The third-order valence-corrected chi connectivity index (χ3v) is 1.68. The zero-order chi connectivity index (χ0) is 12.4. The molecule has 1 aromatic heterocycles. The molecule has 16 heavy (non-hydrogen) atoms. The van der Waals surface area contributed by atoms with E-state index in [-0.39, 0.29) is 0 Å². The highest BCUT2D eigenvalue weighted by atomic mass is 15.3. The summed E-state index contributed by atoms with van der Waals surface area (Å²) in [5.41, 5.74) is 2.21. The maximum Gasteiger partial charge on any atom is 0.0603 e. The molecule has 1 heterocycles. The zero-order valence-corrected chi connectivity index (χ0v) is 10.4. The molecule has 0 saturated heterocycles. The molecule has 0 aliphatic rings. The van der Waals surface area contributed by atoms with Crippen molar-refractivity contribution in [1.82, 2.24) is 9.78 Å². The van der Waals surface area contributed by atoms with Crippen LogP contribution in [-0.2, 0) is 0 Å². The van der Waals surface area contributed by atoms with Crippen molar-refractivity contribution in [1.29, 1.82) is 0 Å². The number of aryl methyl sites for hydroxylation is 1. The fraction of sp³-hybridized carbons (Fsp3) is 0.214. The van der Waals surface area contributed by atoms with E-state index in [0.29, 0.717) is 0 Å². The first-order valence-corrected chi connectivity index (χ1v) is 5.23. The predicted octanol–water partition coefficient (Wildman–Crippen LogP) is 3.99. The van der Waals surface area contributed by atoms with Gasteiger partial charge in [0.15, 0.2) is 0 Å². The van der Waals surface area contributed by atoms with Gasteiger partial charge in [-0.25, -0.2) is 4.68 Å². The Hall–Kier alpha value is -1.83. The quantitative estimate of drug-likeness (QED) is 0.552. The van der Waals surface area contributed by atoms with Crippen LogP contribution in [0.3, 0.4) is 0 Å². The largest absolute Gasteiger partial charge is 0.241 e. The molecule has 2 heteroatoms. The number of rotatable bonds is 3. The lowest BCUT2D eigenvalue weighted by Gasteiger charge is -1.99. The Morgan fingerprint density at radius 2 is 2.00 bits per heavy atom. The zero-order valence-electron chi connectivity index (χ0n) is 10.4. The van der Waals surface area contributed by atoms with Gasteiger partial charge in [0.25, 0.3) is 0 Å². The maximum atomic E-state index is 4.20. The van der Waals surface area contributed by atoms with E-state index in [4.69, 9.17) is 0 Å². The highest BCUT2D eigenvalue weighted by Gasteiger charge is 1.95. The van der Waals surface area contributed by atoms with Gasteiger partial charge in [-0.2, -0.15) is 5.10 Å². The molecule has 1 aromatic rings. The van der Waals surface area contributed by atoms with Crippen molar-refractivity contribution in [2.24, 2.45) is 0 Å². The summed E-state index contributed by atoms with van der Waals surface area (Å²) in [6, 6.07) is 0. The first kappa shape index (κ1) is 14.2. The third-order valence-electron chi connectivity index (χ3n) is 1.68.